The molecule has 2 fully saturated rings. The highest BCUT2D eigenvalue weighted by molar-refractivity contribution is 5.85. The Labute approximate surface area is 198 Å². The highest BCUT2D eigenvalue weighted by Gasteiger charge is 2.41. The van der Waals surface area contributed by atoms with Crippen LogP contribution in [0.15, 0.2) is 24.3 Å². The first kappa shape index (κ1) is 23.2. The summed E-state index contributed by atoms with van der Waals surface area (Å²) in [5.74, 6) is 0.104. The summed E-state index contributed by atoms with van der Waals surface area (Å²) in [5.41, 5.74) is 0. The average Bonchev–Trinajstić information content (AvgIpc) is 3.47. The number of nitrogens with zero attached hydrogens (tertiary/aromatic N) is 4. The Bertz CT molecular complexity index is 1210. The third kappa shape index (κ3) is 5.25. The van der Waals surface area contributed by atoms with Gasteiger partial charge in [0.15, 0.2) is 6.61 Å². The Morgan fingerprint density at radius 2 is 1.77 bits per heavy atom. The van der Waals surface area contributed by atoms with Crippen molar-refractivity contribution in [3.05, 3.63) is 35.0 Å². The molecule has 0 saturated carbocycles. The van der Waals surface area contributed by atoms with Gasteiger partial charge in [-0.2, -0.15) is 0 Å². The van der Waals surface area contributed by atoms with Crippen molar-refractivity contribution >= 4 is 24.0 Å². The highest BCUT2D eigenvalue weighted by Crippen LogP contribution is 2.33. The molecular formula is C23H24F3N5O4. The Balaban J connectivity index is 1.12. The van der Waals surface area contributed by atoms with Crippen molar-refractivity contribution in [1.82, 2.24) is 25.2 Å². The van der Waals surface area contributed by atoms with E-state index in [1.54, 1.807) is 4.90 Å². The number of aromatic amines is 1. The van der Waals surface area contributed by atoms with Crippen molar-refractivity contribution in [3.8, 4) is 11.5 Å². The highest BCUT2D eigenvalue weighted by atomic mass is 19.4. The molecule has 2 aromatic rings. The number of amides is 2. The number of benzene rings is 1. The van der Waals surface area contributed by atoms with E-state index < -0.39 is 6.36 Å². The molecule has 2 aliphatic heterocycles. The molecular weight excluding hydrogens is 467 g/mol. The first-order valence-electron chi connectivity index (χ1n) is 11.4. The van der Waals surface area contributed by atoms with Gasteiger partial charge in [-0.25, -0.2) is 0 Å². The van der Waals surface area contributed by atoms with E-state index in [1.165, 1.54) is 12.1 Å². The number of fused-ring (bicyclic) bond motifs is 2. The number of ether oxygens (including phenoxy) is 2. The predicted octanol–water partition coefficient (Wildman–Crippen LogP) is 0.670. The fourth-order valence-electron chi connectivity index (χ4n) is 4.98. The van der Waals surface area contributed by atoms with Gasteiger partial charge >= 0.3 is 6.36 Å². The quantitative estimate of drug-likeness (QED) is 0.660. The molecule has 1 aromatic carbocycles. The summed E-state index contributed by atoms with van der Waals surface area (Å²) in [6.45, 7) is 2.20. The van der Waals surface area contributed by atoms with Crippen LogP contribution in [0.4, 0.5) is 13.2 Å². The molecule has 1 aromatic heterocycles. The van der Waals surface area contributed by atoms with E-state index in [4.69, 9.17) is 4.74 Å². The number of likely N-dealkylation sites (tertiary alicyclic amines) is 2. The minimum atomic E-state index is -4.77. The summed E-state index contributed by atoms with van der Waals surface area (Å²) in [6.07, 6.45) is 0.434. The van der Waals surface area contributed by atoms with E-state index in [-0.39, 0.29) is 41.8 Å². The number of hydrogen-bond donors (Lipinski definition) is 1. The van der Waals surface area contributed by atoms with E-state index >= 15 is 0 Å². The normalized spacial score (nSPS) is 23.6. The number of aromatic nitrogens is 3. The van der Waals surface area contributed by atoms with Crippen LogP contribution in [-0.4, -0.2) is 76.2 Å². The molecule has 0 spiro atoms. The van der Waals surface area contributed by atoms with E-state index in [0.29, 0.717) is 38.5 Å². The van der Waals surface area contributed by atoms with Crippen LogP contribution in [0.25, 0.3) is 12.2 Å². The zero-order valence-electron chi connectivity index (χ0n) is 18.7. The van der Waals surface area contributed by atoms with Crippen LogP contribution in [0.2, 0.25) is 0 Å². The summed E-state index contributed by atoms with van der Waals surface area (Å²) in [7, 11) is 0. The minimum Gasteiger partial charge on any atom is -0.484 e. The first-order chi connectivity index (χ1) is 16.7. The van der Waals surface area contributed by atoms with Gasteiger partial charge in [0.1, 0.15) is 16.8 Å². The van der Waals surface area contributed by atoms with Gasteiger partial charge in [-0.1, -0.05) is 11.3 Å². The van der Waals surface area contributed by atoms with E-state index in [1.807, 2.05) is 17.1 Å². The molecule has 2 saturated heterocycles. The minimum absolute atomic E-state index is 0.0788. The van der Waals surface area contributed by atoms with Crippen molar-refractivity contribution in [2.45, 2.75) is 19.2 Å². The Morgan fingerprint density at radius 1 is 1.06 bits per heavy atom. The van der Waals surface area contributed by atoms with Crippen molar-refractivity contribution in [2.75, 3.05) is 32.8 Å². The molecule has 12 heteroatoms. The largest absolute Gasteiger partial charge is 0.573 e. The fourth-order valence-corrected chi connectivity index (χ4v) is 4.98. The lowest BCUT2D eigenvalue weighted by atomic mass is 9.89. The Hall–Kier alpha value is -3.57. The summed E-state index contributed by atoms with van der Waals surface area (Å²) in [6, 6.07) is 4.91. The van der Waals surface area contributed by atoms with Gasteiger partial charge in [0, 0.05) is 26.2 Å². The summed E-state index contributed by atoms with van der Waals surface area (Å²) >= 11 is 0. The Morgan fingerprint density at radius 3 is 2.54 bits per heavy atom. The molecule has 0 bridgehead atoms. The first-order valence-corrected chi connectivity index (χ1v) is 11.4. The van der Waals surface area contributed by atoms with Crippen LogP contribution in [0.1, 0.15) is 12.8 Å². The van der Waals surface area contributed by atoms with Gasteiger partial charge in [-0.15, -0.1) is 18.3 Å². The molecule has 1 N–H and O–H groups in total. The zero-order chi connectivity index (χ0) is 24.6. The van der Waals surface area contributed by atoms with Gasteiger partial charge in [-0.05, 0) is 55.0 Å². The van der Waals surface area contributed by atoms with Gasteiger partial charge in [-0.3, -0.25) is 14.7 Å². The maximum atomic E-state index is 13.1. The molecule has 3 atom stereocenters. The van der Waals surface area contributed by atoms with Crippen molar-refractivity contribution in [3.63, 3.8) is 0 Å². The molecule has 3 unspecified atom stereocenters. The smallest absolute Gasteiger partial charge is 0.484 e. The second-order valence-corrected chi connectivity index (χ2v) is 9.02. The number of carbonyl (C=O) groups is 2. The molecule has 0 radical (unpaired) electrons. The molecule has 35 heavy (non-hydrogen) atoms. The maximum Gasteiger partial charge on any atom is 0.573 e. The molecule has 3 heterocycles. The van der Waals surface area contributed by atoms with Crippen LogP contribution >= 0.6 is 0 Å². The van der Waals surface area contributed by atoms with Gasteiger partial charge in [0.2, 0.25) is 5.91 Å². The summed E-state index contributed by atoms with van der Waals surface area (Å²) in [4.78, 5) is 29.4. The van der Waals surface area contributed by atoms with Crippen LogP contribution < -0.4 is 20.2 Å². The van der Waals surface area contributed by atoms with Crippen LogP contribution in [0, 0.1) is 17.8 Å². The predicted molar refractivity (Wildman–Crippen MR) is 116 cm³/mol. The van der Waals surface area contributed by atoms with E-state index in [0.717, 1.165) is 29.3 Å². The van der Waals surface area contributed by atoms with Gasteiger partial charge < -0.3 is 19.3 Å². The number of rotatable bonds is 5. The zero-order valence-corrected chi connectivity index (χ0v) is 18.7. The van der Waals surface area contributed by atoms with Gasteiger partial charge in [0.05, 0.1) is 11.3 Å². The van der Waals surface area contributed by atoms with Gasteiger partial charge in [0.25, 0.3) is 5.91 Å². The van der Waals surface area contributed by atoms with Crippen LogP contribution in [0.5, 0.6) is 11.5 Å². The number of alkyl halides is 3. The summed E-state index contributed by atoms with van der Waals surface area (Å²) in [5, 5.41) is 12.1. The molecule has 5 rings (SSSR count). The molecule has 9 nitrogen and oxygen atoms in total. The van der Waals surface area contributed by atoms with Crippen molar-refractivity contribution < 1.29 is 32.2 Å². The maximum absolute atomic E-state index is 13.1. The molecule has 186 valence electrons. The number of piperidine rings is 1. The van der Waals surface area contributed by atoms with Crippen LogP contribution in [-0.2, 0) is 9.59 Å². The average molecular weight is 491 g/mol. The third-order valence-electron chi connectivity index (χ3n) is 6.74. The SMILES string of the molecule is O=C(COc1ccc(OC(F)(F)F)cc1)N1CCC2CN(C(=O)C3C=c4[nH]nnc4=CC3)CC2C1. The fraction of sp³-hybridized carbons (Fsp3) is 0.478. The lowest BCUT2D eigenvalue weighted by Crippen LogP contribution is -2.45. The van der Waals surface area contributed by atoms with Crippen molar-refractivity contribution in [2.24, 2.45) is 17.8 Å². The number of nitrogens with one attached hydrogen (secondary N) is 1. The number of hydrogen-bond acceptors (Lipinski definition) is 6. The number of carbonyl (C=O) groups excluding carboxylic acids is 2. The number of H-pyrrole nitrogens is 1. The summed E-state index contributed by atoms with van der Waals surface area (Å²) < 4.78 is 46.1. The van der Waals surface area contributed by atoms with E-state index in [2.05, 4.69) is 20.1 Å². The number of halogens is 3. The third-order valence-corrected chi connectivity index (χ3v) is 6.74. The second kappa shape index (κ2) is 9.23. The lowest BCUT2D eigenvalue weighted by Gasteiger charge is -2.34. The topological polar surface area (TPSA) is 101 Å². The molecule has 3 aliphatic rings. The van der Waals surface area contributed by atoms with Crippen LogP contribution in [0.3, 0.4) is 0 Å². The monoisotopic (exact) mass is 491 g/mol. The standard InChI is InChI=1S/C23H24F3N5O4/c24-23(25,26)35-18-4-2-17(3-5-18)34-13-21(32)30-8-7-15-10-31(12-16(15)11-30)22(33)14-1-6-19-20(9-14)28-29-27-19/h2-6,9,14-16H,1,7-8,10-13H2,(H,27,28). The molecule has 2 amide bonds. The lowest BCUT2D eigenvalue weighted by molar-refractivity contribution is -0.274. The molecule has 1 aliphatic carbocycles. The second-order valence-electron chi connectivity index (χ2n) is 9.02. The van der Waals surface area contributed by atoms with Crippen molar-refractivity contribution in [1.29, 1.82) is 0 Å². The Kier molecular flexibility index (Phi) is 6.12. The van der Waals surface area contributed by atoms with E-state index in [9.17, 15) is 22.8 Å².